The second-order valence-corrected chi connectivity index (χ2v) is 4.73. The standard InChI is InChI=1S/C13H19N3/c1-8(2)13-11-7-10(9(3)14)5-6-12(11)16(4)15-13/h5-9H,14H2,1-4H3. The van der Waals surface area contributed by atoms with Crippen molar-refractivity contribution in [1.82, 2.24) is 9.78 Å². The predicted octanol–water partition coefficient (Wildman–Crippen LogP) is 2.72. The Morgan fingerprint density at radius 2 is 1.94 bits per heavy atom. The zero-order valence-corrected chi connectivity index (χ0v) is 10.4. The van der Waals surface area contributed by atoms with Crippen LogP contribution in [0.5, 0.6) is 0 Å². The lowest BCUT2D eigenvalue weighted by atomic mass is 10.0. The van der Waals surface area contributed by atoms with Crippen LogP contribution in [0.25, 0.3) is 10.9 Å². The van der Waals surface area contributed by atoms with E-state index in [0.29, 0.717) is 5.92 Å². The summed E-state index contributed by atoms with van der Waals surface area (Å²) in [6.45, 7) is 6.34. The van der Waals surface area contributed by atoms with Gasteiger partial charge in [0.2, 0.25) is 0 Å². The Hall–Kier alpha value is -1.35. The largest absolute Gasteiger partial charge is 0.324 e. The maximum Gasteiger partial charge on any atom is 0.0728 e. The van der Waals surface area contributed by atoms with Crippen LogP contribution in [0.1, 0.15) is 44.0 Å². The number of rotatable bonds is 2. The first-order chi connectivity index (χ1) is 7.50. The molecular formula is C13H19N3. The number of benzene rings is 1. The maximum absolute atomic E-state index is 5.91. The fourth-order valence-electron chi connectivity index (χ4n) is 2.02. The molecule has 0 aliphatic heterocycles. The summed E-state index contributed by atoms with van der Waals surface area (Å²) >= 11 is 0. The van der Waals surface area contributed by atoms with E-state index in [9.17, 15) is 0 Å². The molecule has 2 N–H and O–H groups in total. The highest BCUT2D eigenvalue weighted by Crippen LogP contribution is 2.26. The molecule has 16 heavy (non-hydrogen) atoms. The van der Waals surface area contributed by atoms with Crippen LogP contribution in [0.4, 0.5) is 0 Å². The highest BCUT2D eigenvalue weighted by atomic mass is 15.3. The van der Waals surface area contributed by atoms with Crippen LogP contribution in [-0.4, -0.2) is 9.78 Å². The number of nitrogens with zero attached hydrogens (tertiary/aromatic N) is 2. The topological polar surface area (TPSA) is 43.8 Å². The molecular weight excluding hydrogens is 198 g/mol. The van der Waals surface area contributed by atoms with Crippen molar-refractivity contribution in [1.29, 1.82) is 0 Å². The molecule has 1 aromatic heterocycles. The minimum Gasteiger partial charge on any atom is -0.324 e. The number of hydrogen-bond acceptors (Lipinski definition) is 2. The van der Waals surface area contributed by atoms with Crippen molar-refractivity contribution in [2.45, 2.75) is 32.7 Å². The van der Waals surface area contributed by atoms with Crippen molar-refractivity contribution < 1.29 is 0 Å². The van der Waals surface area contributed by atoms with E-state index in [-0.39, 0.29) is 6.04 Å². The summed E-state index contributed by atoms with van der Waals surface area (Å²) in [4.78, 5) is 0. The SMILES string of the molecule is CC(C)c1nn(C)c2ccc(C(C)N)cc12. The molecule has 1 aromatic carbocycles. The summed E-state index contributed by atoms with van der Waals surface area (Å²) in [5.74, 6) is 0.437. The average Bonchev–Trinajstić information content (AvgIpc) is 2.56. The Labute approximate surface area is 96.2 Å². The summed E-state index contributed by atoms with van der Waals surface area (Å²) in [6, 6.07) is 6.43. The fourth-order valence-corrected chi connectivity index (χ4v) is 2.02. The molecule has 2 aromatic rings. The molecule has 1 atom stereocenters. The molecule has 1 heterocycles. The lowest BCUT2D eigenvalue weighted by molar-refractivity contribution is 0.729. The molecule has 3 nitrogen and oxygen atoms in total. The van der Waals surface area contributed by atoms with E-state index in [0.717, 1.165) is 5.69 Å². The summed E-state index contributed by atoms with van der Waals surface area (Å²) in [7, 11) is 1.99. The first-order valence-corrected chi connectivity index (χ1v) is 5.73. The zero-order valence-electron chi connectivity index (χ0n) is 10.4. The van der Waals surface area contributed by atoms with Crippen molar-refractivity contribution >= 4 is 10.9 Å². The first kappa shape index (κ1) is 11.1. The van der Waals surface area contributed by atoms with E-state index >= 15 is 0 Å². The molecule has 0 saturated carbocycles. The lowest BCUT2D eigenvalue weighted by Gasteiger charge is -2.06. The summed E-state index contributed by atoms with van der Waals surface area (Å²) in [5.41, 5.74) is 9.41. The van der Waals surface area contributed by atoms with Crippen molar-refractivity contribution in [2.75, 3.05) is 0 Å². The Morgan fingerprint density at radius 3 is 2.50 bits per heavy atom. The first-order valence-electron chi connectivity index (χ1n) is 5.73. The zero-order chi connectivity index (χ0) is 11.9. The fraction of sp³-hybridized carbons (Fsp3) is 0.462. The van der Waals surface area contributed by atoms with E-state index in [1.807, 2.05) is 18.7 Å². The van der Waals surface area contributed by atoms with E-state index in [1.165, 1.54) is 16.5 Å². The summed E-state index contributed by atoms with van der Waals surface area (Å²) in [5, 5.41) is 5.79. The van der Waals surface area contributed by atoms with Crippen LogP contribution in [0.15, 0.2) is 18.2 Å². The number of hydrogen-bond donors (Lipinski definition) is 1. The number of fused-ring (bicyclic) bond motifs is 1. The molecule has 0 aliphatic carbocycles. The Bertz CT molecular complexity index is 509. The third-order valence-electron chi connectivity index (χ3n) is 2.98. The number of aromatic nitrogens is 2. The molecule has 0 spiro atoms. The molecule has 0 bridgehead atoms. The van der Waals surface area contributed by atoms with Gasteiger partial charge < -0.3 is 5.73 Å². The molecule has 86 valence electrons. The minimum absolute atomic E-state index is 0.0737. The van der Waals surface area contributed by atoms with Gasteiger partial charge in [-0.1, -0.05) is 19.9 Å². The highest BCUT2D eigenvalue weighted by molar-refractivity contribution is 5.83. The quantitative estimate of drug-likeness (QED) is 0.840. The van der Waals surface area contributed by atoms with Gasteiger partial charge in [-0.15, -0.1) is 0 Å². The minimum atomic E-state index is 0.0737. The smallest absolute Gasteiger partial charge is 0.0728 e. The molecule has 0 aliphatic rings. The number of aryl methyl sites for hydroxylation is 1. The van der Waals surface area contributed by atoms with E-state index in [4.69, 9.17) is 5.73 Å². The van der Waals surface area contributed by atoms with Crippen LogP contribution >= 0.6 is 0 Å². The van der Waals surface area contributed by atoms with Crippen LogP contribution in [0.2, 0.25) is 0 Å². The van der Waals surface area contributed by atoms with Crippen molar-refractivity contribution in [2.24, 2.45) is 12.8 Å². The predicted molar refractivity (Wildman–Crippen MR) is 67.4 cm³/mol. The van der Waals surface area contributed by atoms with Crippen molar-refractivity contribution in [3.05, 3.63) is 29.5 Å². The van der Waals surface area contributed by atoms with Gasteiger partial charge in [-0.3, -0.25) is 4.68 Å². The Balaban J connectivity index is 2.69. The van der Waals surface area contributed by atoms with E-state index in [1.54, 1.807) is 0 Å². The summed E-state index contributed by atoms with van der Waals surface area (Å²) in [6.07, 6.45) is 0. The van der Waals surface area contributed by atoms with Gasteiger partial charge in [0.1, 0.15) is 0 Å². The van der Waals surface area contributed by atoms with Gasteiger partial charge in [0.15, 0.2) is 0 Å². The maximum atomic E-state index is 5.91. The average molecular weight is 217 g/mol. The molecule has 0 fully saturated rings. The van der Waals surface area contributed by atoms with Gasteiger partial charge in [-0.25, -0.2) is 0 Å². The van der Waals surface area contributed by atoms with Crippen LogP contribution in [0.3, 0.4) is 0 Å². The molecule has 0 saturated heterocycles. The normalized spacial score (nSPS) is 13.6. The van der Waals surface area contributed by atoms with Crippen LogP contribution in [-0.2, 0) is 7.05 Å². The molecule has 1 unspecified atom stereocenters. The van der Waals surface area contributed by atoms with E-state index < -0.39 is 0 Å². The second-order valence-electron chi connectivity index (χ2n) is 4.73. The van der Waals surface area contributed by atoms with Gasteiger partial charge in [0.05, 0.1) is 11.2 Å². The van der Waals surface area contributed by atoms with E-state index in [2.05, 4.69) is 37.1 Å². The van der Waals surface area contributed by atoms with Gasteiger partial charge in [0, 0.05) is 18.5 Å². The van der Waals surface area contributed by atoms with Crippen molar-refractivity contribution in [3.8, 4) is 0 Å². The Morgan fingerprint density at radius 1 is 1.25 bits per heavy atom. The van der Waals surface area contributed by atoms with Gasteiger partial charge in [-0.2, -0.15) is 5.10 Å². The molecule has 0 amide bonds. The van der Waals surface area contributed by atoms with Crippen LogP contribution in [0, 0.1) is 0 Å². The van der Waals surface area contributed by atoms with Crippen molar-refractivity contribution in [3.63, 3.8) is 0 Å². The Kier molecular flexibility index (Phi) is 2.72. The lowest BCUT2D eigenvalue weighted by Crippen LogP contribution is -2.04. The molecule has 2 rings (SSSR count). The highest BCUT2D eigenvalue weighted by Gasteiger charge is 2.12. The number of nitrogens with two attached hydrogens (primary N) is 1. The van der Waals surface area contributed by atoms with Gasteiger partial charge in [0.25, 0.3) is 0 Å². The molecule has 0 radical (unpaired) electrons. The van der Waals surface area contributed by atoms with Crippen LogP contribution < -0.4 is 5.73 Å². The molecule has 3 heteroatoms. The second kappa shape index (κ2) is 3.91. The summed E-state index contributed by atoms with van der Waals surface area (Å²) < 4.78 is 1.94. The third kappa shape index (κ3) is 1.71. The monoisotopic (exact) mass is 217 g/mol. The van der Waals surface area contributed by atoms with Gasteiger partial charge >= 0.3 is 0 Å². The third-order valence-corrected chi connectivity index (χ3v) is 2.98. The van der Waals surface area contributed by atoms with Gasteiger partial charge in [-0.05, 0) is 30.5 Å².